The van der Waals surface area contributed by atoms with E-state index in [4.69, 9.17) is 0 Å². The van der Waals surface area contributed by atoms with Crippen molar-refractivity contribution >= 4 is 39.0 Å². The number of hydrogen-bond acceptors (Lipinski definition) is 5. The number of aromatic hydroxyl groups is 1. The number of nitrogens with one attached hydrogen (secondary N) is 2. The lowest BCUT2D eigenvalue weighted by Gasteiger charge is -2.14. The number of anilines is 2. The van der Waals surface area contributed by atoms with E-state index in [1.807, 2.05) is 6.07 Å². The summed E-state index contributed by atoms with van der Waals surface area (Å²) in [5.74, 6) is -0.179. The van der Waals surface area contributed by atoms with Gasteiger partial charge in [-0.3, -0.25) is 4.79 Å². The minimum Gasteiger partial charge on any atom is -0.507 e. The van der Waals surface area contributed by atoms with E-state index in [1.54, 1.807) is 59.2 Å². The third-order valence-corrected chi connectivity index (χ3v) is 6.30. The number of benzene rings is 3. The molecule has 0 saturated carbocycles. The minimum absolute atomic E-state index is 0.0847. The number of phenolic OH excluding ortho intramolecular Hbond substituents is 1. The molecule has 11 heteroatoms. The van der Waals surface area contributed by atoms with Crippen LogP contribution in [0.5, 0.6) is 5.75 Å². The van der Waals surface area contributed by atoms with Crippen molar-refractivity contribution in [1.29, 1.82) is 0 Å². The maximum atomic E-state index is 13.3. The van der Waals surface area contributed by atoms with Crippen molar-refractivity contribution in [3.63, 3.8) is 0 Å². The van der Waals surface area contributed by atoms with E-state index in [-0.39, 0.29) is 5.75 Å². The highest BCUT2D eigenvalue weighted by molar-refractivity contribution is 9.10. The molecule has 0 saturated heterocycles. The van der Waals surface area contributed by atoms with Crippen LogP contribution in [-0.2, 0) is 12.7 Å². The van der Waals surface area contributed by atoms with Gasteiger partial charge in [0.25, 0.3) is 5.91 Å². The maximum absolute atomic E-state index is 13.3. The van der Waals surface area contributed by atoms with Crippen LogP contribution in [0.15, 0.2) is 89.5 Å². The van der Waals surface area contributed by atoms with E-state index in [1.165, 1.54) is 12.1 Å². The van der Waals surface area contributed by atoms with Crippen LogP contribution in [0.25, 0.3) is 16.9 Å². The number of hydrogen-bond donors (Lipinski definition) is 3. The monoisotopic (exact) mass is 581 g/mol. The third kappa shape index (κ3) is 5.18. The number of para-hydroxylation sites is 1. The summed E-state index contributed by atoms with van der Waals surface area (Å²) in [5.41, 5.74) is 1.28. The highest BCUT2D eigenvalue weighted by Crippen LogP contribution is 2.33. The van der Waals surface area contributed by atoms with Crippen molar-refractivity contribution in [2.75, 3.05) is 10.6 Å². The fourth-order valence-electron chi connectivity index (χ4n) is 3.97. The lowest BCUT2D eigenvalue weighted by Crippen LogP contribution is -2.18. The topological polar surface area (TPSA) is 91.5 Å². The van der Waals surface area contributed by atoms with Crippen LogP contribution in [0.2, 0.25) is 0 Å². The van der Waals surface area contributed by atoms with Crippen LogP contribution in [-0.4, -0.2) is 25.6 Å². The Hall–Kier alpha value is -4.38. The molecule has 0 fully saturated rings. The molecule has 0 spiro atoms. The molecule has 1 amide bonds. The van der Waals surface area contributed by atoms with Crippen LogP contribution < -0.4 is 10.6 Å². The molecule has 38 heavy (non-hydrogen) atoms. The van der Waals surface area contributed by atoms with Crippen molar-refractivity contribution in [3.05, 3.63) is 106 Å². The van der Waals surface area contributed by atoms with E-state index in [2.05, 4.69) is 36.6 Å². The molecule has 0 aliphatic heterocycles. The molecule has 0 aliphatic carbocycles. The molecular weight excluding hydrogens is 563 g/mol. The van der Waals surface area contributed by atoms with Gasteiger partial charge in [0.2, 0.25) is 0 Å². The Bertz CT molecular complexity index is 1650. The summed E-state index contributed by atoms with van der Waals surface area (Å²) in [6, 6.07) is 20.0. The third-order valence-electron chi connectivity index (χ3n) is 5.74. The molecule has 0 aliphatic rings. The van der Waals surface area contributed by atoms with Gasteiger partial charge in [0.05, 0.1) is 27.5 Å². The predicted molar refractivity (Wildman–Crippen MR) is 141 cm³/mol. The lowest BCUT2D eigenvalue weighted by molar-refractivity contribution is -0.137. The number of alkyl halides is 3. The lowest BCUT2D eigenvalue weighted by atomic mass is 10.1. The molecule has 0 bridgehead atoms. The normalized spacial score (nSPS) is 11.5. The predicted octanol–water partition coefficient (Wildman–Crippen LogP) is 6.75. The summed E-state index contributed by atoms with van der Waals surface area (Å²) in [5, 5.41) is 20.5. The second-order valence-electron chi connectivity index (χ2n) is 8.32. The van der Waals surface area contributed by atoms with Gasteiger partial charge in [0, 0.05) is 23.9 Å². The highest BCUT2D eigenvalue weighted by atomic mass is 79.9. The number of aromatic nitrogens is 3. The summed E-state index contributed by atoms with van der Waals surface area (Å²) in [6.45, 7) is 0.305. The van der Waals surface area contributed by atoms with Crippen LogP contribution in [0, 0.1) is 0 Å². The molecule has 192 valence electrons. The minimum atomic E-state index is -4.65. The molecule has 5 rings (SSSR count). The Morgan fingerprint density at radius 1 is 1.00 bits per heavy atom. The molecule has 0 radical (unpaired) electrons. The van der Waals surface area contributed by atoms with E-state index >= 15 is 0 Å². The van der Waals surface area contributed by atoms with E-state index in [0.717, 1.165) is 17.7 Å². The fourth-order valence-corrected chi connectivity index (χ4v) is 4.32. The van der Waals surface area contributed by atoms with E-state index in [9.17, 15) is 23.1 Å². The first kappa shape index (κ1) is 25.3. The van der Waals surface area contributed by atoms with E-state index in [0.29, 0.717) is 39.4 Å². The van der Waals surface area contributed by atoms with Gasteiger partial charge in [0.1, 0.15) is 11.6 Å². The Morgan fingerprint density at radius 3 is 2.55 bits per heavy atom. The molecule has 5 aromatic rings. The first-order chi connectivity index (χ1) is 18.2. The standard InChI is InChI=1S/C27H19BrF3N5O2/c28-21-15-33-36-24(13-22(35-25(21)36)19-9-2-4-11-23(19)37)32-14-16-6-5-7-17(12-16)34-26(38)18-8-1-3-10-20(18)27(29,30)31/h1-13,15,32,37H,14H2,(H,34,38). The Morgan fingerprint density at radius 2 is 1.76 bits per heavy atom. The molecule has 2 heterocycles. The maximum Gasteiger partial charge on any atom is 0.417 e. The Balaban J connectivity index is 1.39. The zero-order valence-electron chi connectivity index (χ0n) is 19.5. The Kier molecular flexibility index (Phi) is 6.77. The summed E-state index contributed by atoms with van der Waals surface area (Å²) in [4.78, 5) is 17.3. The molecule has 7 nitrogen and oxygen atoms in total. The zero-order valence-corrected chi connectivity index (χ0v) is 21.1. The second-order valence-corrected chi connectivity index (χ2v) is 9.18. The molecular formula is C27H19BrF3N5O2. The smallest absolute Gasteiger partial charge is 0.417 e. The van der Waals surface area contributed by atoms with Gasteiger partial charge < -0.3 is 15.7 Å². The molecule has 0 unspecified atom stereocenters. The van der Waals surface area contributed by atoms with Crippen molar-refractivity contribution in [3.8, 4) is 17.0 Å². The molecule has 3 aromatic carbocycles. The van der Waals surface area contributed by atoms with Gasteiger partial charge in [-0.05, 0) is 57.9 Å². The van der Waals surface area contributed by atoms with Crippen LogP contribution in [0.1, 0.15) is 21.5 Å². The van der Waals surface area contributed by atoms with Gasteiger partial charge in [-0.15, -0.1) is 0 Å². The van der Waals surface area contributed by atoms with Gasteiger partial charge in [0.15, 0.2) is 5.65 Å². The van der Waals surface area contributed by atoms with Crippen molar-refractivity contribution in [2.24, 2.45) is 0 Å². The SMILES string of the molecule is O=C(Nc1cccc(CNc2cc(-c3ccccc3O)nc3c(Br)cnn23)c1)c1ccccc1C(F)(F)F. The molecule has 2 aromatic heterocycles. The number of fused-ring (bicyclic) bond motifs is 1. The van der Waals surface area contributed by atoms with Gasteiger partial charge in [-0.25, -0.2) is 4.98 Å². The van der Waals surface area contributed by atoms with Crippen molar-refractivity contribution in [2.45, 2.75) is 12.7 Å². The highest BCUT2D eigenvalue weighted by Gasteiger charge is 2.34. The summed E-state index contributed by atoms with van der Waals surface area (Å²) in [7, 11) is 0. The van der Waals surface area contributed by atoms with Crippen LogP contribution >= 0.6 is 15.9 Å². The Labute approximate surface area is 223 Å². The number of amides is 1. The largest absolute Gasteiger partial charge is 0.507 e. The van der Waals surface area contributed by atoms with Gasteiger partial charge in [-0.1, -0.05) is 36.4 Å². The second kappa shape index (κ2) is 10.2. The summed E-state index contributed by atoms with van der Waals surface area (Å²) >= 11 is 3.44. The van der Waals surface area contributed by atoms with E-state index < -0.39 is 23.2 Å². The number of carbonyl (C=O) groups is 1. The quantitative estimate of drug-likeness (QED) is 0.206. The average Bonchev–Trinajstić information content (AvgIpc) is 3.28. The molecule has 3 N–H and O–H groups in total. The number of halogens is 4. The number of nitrogens with zero attached hydrogens (tertiary/aromatic N) is 3. The van der Waals surface area contributed by atoms with Crippen molar-refractivity contribution < 1.29 is 23.1 Å². The number of phenols is 1. The van der Waals surface area contributed by atoms with Crippen LogP contribution in [0.4, 0.5) is 24.7 Å². The first-order valence-corrected chi connectivity index (χ1v) is 12.1. The van der Waals surface area contributed by atoms with Gasteiger partial charge in [-0.2, -0.15) is 22.8 Å². The number of rotatable bonds is 6. The summed E-state index contributed by atoms with van der Waals surface area (Å²) in [6.07, 6.45) is -3.04. The fraction of sp³-hybridized carbons (Fsp3) is 0.0741. The zero-order chi connectivity index (χ0) is 26.9. The average molecular weight is 582 g/mol. The van der Waals surface area contributed by atoms with Crippen LogP contribution in [0.3, 0.4) is 0 Å². The van der Waals surface area contributed by atoms with Crippen molar-refractivity contribution in [1.82, 2.24) is 14.6 Å². The molecule has 0 atom stereocenters. The number of carbonyl (C=O) groups excluding carboxylic acids is 1. The summed E-state index contributed by atoms with van der Waals surface area (Å²) < 4.78 is 42.3. The van der Waals surface area contributed by atoms with Gasteiger partial charge >= 0.3 is 6.18 Å². The first-order valence-electron chi connectivity index (χ1n) is 11.3.